The number of hydrazine groups is 1. The van der Waals surface area contributed by atoms with Crippen LogP contribution in [0.25, 0.3) is 0 Å². The number of hydrogen-bond donors (Lipinski definition) is 2. The Morgan fingerprint density at radius 2 is 1.83 bits per heavy atom. The van der Waals surface area contributed by atoms with Gasteiger partial charge in [-0.1, -0.05) is 12.1 Å². The quantitative estimate of drug-likeness (QED) is 0.832. The minimum Gasteiger partial charge on any atom is -0.497 e. The summed E-state index contributed by atoms with van der Waals surface area (Å²) in [5.74, 6) is 1.40. The van der Waals surface area contributed by atoms with E-state index in [0.29, 0.717) is 12.4 Å². The van der Waals surface area contributed by atoms with Crippen molar-refractivity contribution in [3.05, 3.63) is 47.7 Å². The molecule has 0 bridgehead atoms. The number of ether oxygens (including phenoxy) is 2. The summed E-state index contributed by atoms with van der Waals surface area (Å²) in [6.07, 6.45) is 1.19. The largest absolute Gasteiger partial charge is 0.497 e. The first-order valence-corrected chi connectivity index (χ1v) is 7.91. The highest BCUT2D eigenvalue weighted by molar-refractivity contribution is 5.29. The Bertz CT molecular complexity index is 647. The van der Waals surface area contributed by atoms with Crippen molar-refractivity contribution in [1.82, 2.24) is 25.9 Å². The number of nitrogens with one attached hydrogen (secondary N) is 2. The molecule has 1 aliphatic heterocycles. The van der Waals surface area contributed by atoms with Crippen LogP contribution in [0.1, 0.15) is 23.7 Å². The average Bonchev–Trinajstić information content (AvgIpc) is 3.13. The molecule has 2 unspecified atom stereocenters. The van der Waals surface area contributed by atoms with Crippen molar-refractivity contribution in [2.24, 2.45) is 0 Å². The van der Waals surface area contributed by atoms with Gasteiger partial charge in [0, 0.05) is 18.7 Å². The molecule has 0 radical (unpaired) electrons. The van der Waals surface area contributed by atoms with E-state index in [1.807, 2.05) is 24.3 Å². The van der Waals surface area contributed by atoms with Crippen LogP contribution in [0.3, 0.4) is 0 Å². The molecule has 3 rings (SSSR count). The average molecular weight is 329 g/mol. The van der Waals surface area contributed by atoms with Crippen molar-refractivity contribution in [3.63, 3.8) is 0 Å². The molecule has 1 aromatic heterocycles. The van der Waals surface area contributed by atoms with Gasteiger partial charge in [-0.3, -0.25) is 4.90 Å². The summed E-state index contributed by atoms with van der Waals surface area (Å²) >= 11 is 0. The second-order valence-electron chi connectivity index (χ2n) is 5.85. The molecule has 0 saturated carbocycles. The van der Waals surface area contributed by atoms with Gasteiger partial charge < -0.3 is 9.47 Å². The van der Waals surface area contributed by atoms with Crippen LogP contribution in [0.15, 0.2) is 36.4 Å². The molecule has 1 aromatic carbocycles. The Kier molecular flexibility index (Phi) is 5.24. The lowest BCUT2D eigenvalue weighted by Gasteiger charge is -2.23. The van der Waals surface area contributed by atoms with Gasteiger partial charge in [0.15, 0.2) is 0 Å². The second kappa shape index (κ2) is 7.57. The van der Waals surface area contributed by atoms with Crippen LogP contribution in [0, 0.1) is 0 Å². The first kappa shape index (κ1) is 16.6. The number of aromatic nitrogens is 2. The van der Waals surface area contributed by atoms with Crippen molar-refractivity contribution in [2.75, 3.05) is 21.3 Å². The maximum absolute atomic E-state index is 5.21. The highest BCUT2D eigenvalue weighted by Crippen LogP contribution is 2.25. The van der Waals surface area contributed by atoms with Gasteiger partial charge in [0.05, 0.1) is 26.1 Å². The topological polar surface area (TPSA) is 71.5 Å². The van der Waals surface area contributed by atoms with E-state index in [-0.39, 0.29) is 12.2 Å². The smallest absolute Gasteiger partial charge is 0.233 e. The van der Waals surface area contributed by atoms with Gasteiger partial charge in [0.1, 0.15) is 5.75 Å². The van der Waals surface area contributed by atoms with Gasteiger partial charge >= 0.3 is 0 Å². The number of benzene rings is 1. The van der Waals surface area contributed by atoms with E-state index in [0.717, 1.165) is 17.9 Å². The third-order valence-electron chi connectivity index (χ3n) is 4.25. The van der Waals surface area contributed by atoms with Crippen LogP contribution in [-0.2, 0) is 6.54 Å². The van der Waals surface area contributed by atoms with Crippen LogP contribution in [0.5, 0.6) is 11.6 Å². The Balaban J connectivity index is 1.57. The van der Waals surface area contributed by atoms with Gasteiger partial charge in [-0.15, -0.1) is 5.10 Å². The fourth-order valence-corrected chi connectivity index (χ4v) is 2.79. The predicted octanol–water partition coefficient (Wildman–Crippen LogP) is 1.49. The molecule has 1 saturated heterocycles. The summed E-state index contributed by atoms with van der Waals surface area (Å²) < 4.78 is 10.2. The maximum atomic E-state index is 5.21. The van der Waals surface area contributed by atoms with E-state index in [1.54, 1.807) is 14.2 Å². The molecule has 2 atom stereocenters. The minimum atomic E-state index is 0.223. The molecule has 0 spiro atoms. The SMILES string of the molecule is COc1ccc(C2CC(N(C)Cc3ccc(OC)nn3)NN2)cc1. The second-order valence-corrected chi connectivity index (χ2v) is 5.85. The van der Waals surface area contributed by atoms with Crippen LogP contribution < -0.4 is 20.3 Å². The zero-order valence-electron chi connectivity index (χ0n) is 14.2. The molecule has 2 aromatic rings. The molecule has 0 aliphatic carbocycles. The van der Waals surface area contributed by atoms with Gasteiger partial charge in [-0.2, -0.15) is 5.10 Å². The molecule has 24 heavy (non-hydrogen) atoms. The fourth-order valence-electron chi connectivity index (χ4n) is 2.79. The molecule has 7 heteroatoms. The Hall–Kier alpha value is -2.22. The van der Waals surface area contributed by atoms with Crippen LogP contribution in [0.4, 0.5) is 0 Å². The van der Waals surface area contributed by atoms with E-state index >= 15 is 0 Å². The monoisotopic (exact) mass is 329 g/mol. The standard InChI is InChI=1S/C17H23N5O2/c1-22(11-13-6-9-17(24-3)21-18-13)16-10-15(19-20-16)12-4-7-14(23-2)8-5-12/h4-9,15-16,19-20H,10-11H2,1-3H3. The first-order valence-electron chi connectivity index (χ1n) is 7.91. The van der Waals surface area contributed by atoms with E-state index in [9.17, 15) is 0 Å². The van der Waals surface area contributed by atoms with E-state index in [2.05, 4.69) is 45.1 Å². The zero-order chi connectivity index (χ0) is 16.9. The zero-order valence-corrected chi connectivity index (χ0v) is 14.2. The third-order valence-corrected chi connectivity index (χ3v) is 4.25. The summed E-state index contributed by atoms with van der Waals surface area (Å²) in [7, 11) is 5.34. The fraction of sp³-hybridized carbons (Fsp3) is 0.412. The lowest BCUT2D eigenvalue weighted by molar-refractivity contribution is 0.206. The lowest BCUT2D eigenvalue weighted by atomic mass is 10.0. The summed E-state index contributed by atoms with van der Waals surface area (Å²) in [6.45, 7) is 0.714. The highest BCUT2D eigenvalue weighted by atomic mass is 16.5. The summed E-state index contributed by atoms with van der Waals surface area (Å²) in [5.41, 5.74) is 8.85. The number of rotatable bonds is 6. The number of nitrogens with zero attached hydrogens (tertiary/aromatic N) is 3. The van der Waals surface area contributed by atoms with Crippen LogP contribution in [-0.4, -0.2) is 42.5 Å². The Morgan fingerprint density at radius 1 is 1.04 bits per heavy atom. The number of methoxy groups -OCH3 is 2. The molecule has 1 aliphatic rings. The van der Waals surface area contributed by atoms with Crippen molar-refractivity contribution >= 4 is 0 Å². The molecule has 128 valence electrons. The van der Waals surface area contributed by atoms with Crippen molar-refractivity contribution in [2.45, 2.75) is 25.2 Å². The molecular weight excluding hydrogens is 306 g/mol. The van der Waals surface area contributed by atoms with Gasteiger partial charge in [-0.25, -0.2) is 10.9 Å². The summed E-state index contributed by atoms with van der Waals surface area (Å²) in [4.78, 5) is 2.22. The van der Waals surface area contributed by atoms with E-state index < -0.39 is 0 Å². The molecule has 1 fully saturated rings. The molecule has 7 nitrogen and oxygen atoms in total. The van der Waals surface area contributed by atoms with Gasteiger partial charge in [0.2, 0.25) is 5.88 Å². The summed E-state index contributed by atoms with van der Waals surface area (Å²) in [6, 6.07) is 12.2. The first-order chi connectivity index (χ1) is 11.7. The van der Waals surface area contributed by atoms with E-state index in [4.69, 9.17) is 9.47 Å². The van der Waals surface area contributed by atoms with E-state index in [1.165, 1.54) is 5.56 Å². The van der Waals surface area contributed by atoms with Gasteiger partial charge in [-0.05, 0) is 37.2 Å². The van der Waals surface area contributed by atoms with Gasteiger partial charge in [0.25, 0.3) is 0 Å². The predicted molar refractivity (Wildman–Crippen MR) is 90.5 cm³/mol. The minimum absolute atomic E-state index is 0.223. The normalized spacial score (nSPS) is 20.3. The molecule has 0 amide bonds. The Labute approximate surface area is 142 Å². The van der Waals surface area contributed by atoms with Crippen molar-refractivity contribution in [1.29, 1.82) is 0 Å². The van der Waals surface area contributed by atoms with Crippen molar-refractivity contribution < 1.29 is 9.47 Å². The van der Waals surface area contributed by atoms with Crippen LogP contribution in [0.2, 0.25) is 0 Å². The molecule has 2 N–H and O–H groups in total. The van der Waals surface area contributed by atoms with Crippen molar-refractivity contribution in [3.8, 4) is 11.6 Å². The molecular formula is C17H23N5O2. The third kappa shape index (κ3) is 3.81. The lowest BCUT2D eigenvalue weighted by Crippen LogP contribution is -2.42. The molecule has 2 heterocycles. The van der Waals surface area contributed by atoms with Crippen LogP contribution >= 0.6 is 0 Å². The number of hydrogen-bond acceptors (Lipinski definition) is 7. The Morgan fingerprint density at radius 3 is 2.46 bits per heavy atom. The summed E-state index contributed by atoms with van der Waals surface area (Å²) in [5, 5.41) is 8.19. The maximum Gasteiger partial charge on any atom is 0.233 e. The highest BCUT2D eigenvalue weighted by Gasteiger charge is 2.27.